The highest BCUT2D eigenvalue weighted by molar-refractivity contribution is 6.45. The zero-order chi connectivity index (χ0) is 10.3. The van der Waals surface area contributed by atoms with Crippen molar-refractivity contribution in [3.8, 4) is 0 Å². The van der Waals surface area contributed by atoms with Crippen molar-refractivity contribution in [1.29, 1.82) is 0 Å². The average Bonchev–Trinajstić information content (AvgIpc) is 2.14. The lowest BCUT2D eigenvalue weighted by Crippen LogP contribution is -2.35. The lowest BCUT2D eigenvalue weighted by atomic mass is 9.74. The number of carbonyl (C=O) groups is 2. The molecule has 0 bridgehead atoms. The third-order valence-corrected chi connectivity index (χ3v) is 3.30. The van der Waals surface area contributed by atoms with E-state index >= 15 is 0 Å². The summed E-state index contributed by atoms with van der Waals surface area (Å²) in [4.78, 5) is 23.1. The van der Waals surface area contributed by atoms with Gasteiger partial charge in [0.2, 0.25) is 0 Å². The Balaban J connectivity index is 2.36. The highest BCUT2D eigenvalue weighted by atomic mass is 35.5. The Kier molecular flexibility index (Phi) is 2.50. The van der Waals surface area contributed by atoms with Gasteiger partial charge in [0.15, 0.2) is 11.6 Å². The lowest BCUT2D eigenvalue weighted by Gasteiger charge is -2.29. The predicted octanol–water partition coefficient (Wildman–Crippen LogP) is 2.41. The smallest absolute Gasteiger partial charge is 0.178 e. The van der Waals surface area contributed by atoms with Crippen molar-refractivity contribution in [3.05, 3.63) is 22.2 Å². The van der Waals surface area contributed by atoms with Crippen LogP contribution in [-0.4, -0.2) is 11.6 Å². The Labute approximate surface area is 91.6 Å². The lowest BCUT2D eigenvalue weighted by molar-refractivity contribution is -0.129. The van der Waals surface area contributed by atoms with Crippen molar-refractivity contribution in [2.45, 2.75) is 12.8 Å². The van der Waals surface area contributed by atoms with Crippen LogP contribution in [0.3, 0.4) is 0 Å². The van der Waals surface area contributed by atoms with Gasteiger partial charge >= 0.3 is 0 Å². The van der Waals surface area contributed by atoms with Crippen molar-refractivity contribution >= 4 is 34.8 Å². The predicted molar refractivity (Wildman–Crippen MR) is 54.1 cm³/mol. The van der Waals surface area contributed by atoms with Crippen LogP contribution in [-0.2, 0) is 9.59 Å². The van der Waals surface area contributed by atoms with Gasteiger partial charge in [0.05, 0.1) is 5.03 Å². The van der Waals surface area contributed by atoms with E-state index in [4.69, 9.17) is 23.2 Å². The number of halogens is 2. The van der Waals surface area contributed by atoms with Crippen molar-refractivity contribution in [2.75, 3.05) is 0 Å². The number of carbonyl (C=O) groups excluding carboxylic acids is 2. The SMILES string of the molecule is O=C1C=C(Cl)C(=O)C2CC=C(Cl)CC12. The number of allylic oxidation sites excluding steroid dienone is 4. The van der Waals surface area contributed by atoms with E-state index in [1.807, 2.05) is 0 Å². The zero-order valence-corrected chi connectivity index (χ0v) is 8.81. The molecule has 2 nitrogen and oxygen atoms in total. The summed E-state index contributed by atoms with van der Waals surface area (Å²) < 4.78 is 0. The molecule has 2 aliphatic rings. The largest absolute Gasteiger partial charge is 0.294 e. The van der Waals surface area contributed by atoms with Gasteiger partial charge < -0.3 is 0 Å². The van der Waals surface area contributed by atoms with Gasteiger partial charge in [0.25, 0.3) is 0 Å². The standard InChI is InChI=1S/C10H8Cl2O2/c11-5-1-2-6-7(3-5)9(13)4-8(12)10(6)14/h1,4,6-7H,2-3H2. The van der Waals surface area contributed by atoms with Crippen molar-refractivity contribution < 1.29 is 9.59 Å². The van der Waals surface area contributed by atoms with Crippen LogP contribution in [0.2, 0.25) is 0 Å². The molecule has 0 radical (unpaired) electrons. The fourth-order valence-electron chi connectivity index (χ4n) is 1.92. The second kappa shape index (κ2) is 3.52. The van der Waals surface area contributed by atoms with E-state index in [0.29, 0.717) is 17.9 Å². The van der Waals surface area contributed by atoms with Crippen molar-refractivity contribution in [3.63, 3.8) is 0 Å². The summed E-state index contributed by atoms with van der Waals surface area (Å²) in [6.45, 7) is 0. The molecule has 0 aromatic rings. The molecule has 4 heteroatoms. The number of ketones is 2. The maximum Gasteiger partial charge on any atom is 0.178 e. The van der Waals surface area contributed by atoms with Gasteiger partial charge in [-0.2, -0.15) is 0 Å². The van der Waals surface area contributed by atoms with E-state index < -0.39 is 0 Å². The van der Waals surface area contributed by atoms with Crippen LogP contribution < -0.4 is 0 Å². The topological polar surface area (TPSA) is 34.1 Å². The molecule has 0 heterocycles. The molecule has 2 aliphatic carbocycles. The highest BCUT2D eigenvalue weighted by Gasteiger charge is 2.39. The molecule has 2 atom stereocenters. The molecule has 2 rings (SSSR count). The van der Waals surface area contributed by atoms with Gasteiger partial charge in [-0.15, -0.1) is 0 Å². The summed E-state index contributed by atoms with van der Waals surface area (Å²) >= 11 is 11.5. The minimum atomic E-state index is -0.289. The highest BCUT2D eigenvalue weighted by Crippen LogP contribution is 2.37. The van der Waals surface area contributed by atoms with Gasteiger partial charge in [0, 0.05) is 22.9 Å². The molecule has 0 aromatic heterocycles. The normalized spacial score (nSPS) is 32.1. The maximum absolute atomic E-state index is 11.6. The third kappa shape index (κ3) is 1.53. The van der Waals surface area contributed by atoms with Gasteiger partial charge in [0.1, 0.15) is 0 Å². The Hall–Kier alpha value is -0.600. The summed E-state index contributed by atoms with van der Waals surface area (Å²) in [7, 11) is 0. The number of Topliss-reactive ketones (excluding diaryl/α,β-unsaturated/α-hetero) is 1. The Morgan fingerprint density at radius 1 is 1.21 bits per heavy atom. The molecule has 0 aromatic carbocycles. The van der Waals surface area contributed by atoms with Gasteiger partial charge in [-0.05, 0) is 12.8 Å². The second-order valence-corrected chi connectivity index (χ2v) is 4.46. The van der Waals surface area contributed by atoms with Crippen LogP contribution in [0.25, 0.3) is 0 Å². The quantitative estimate of drug-likeness (QED) is 0.641. The number of fused-ring (bicyclic) bond motifs is 1. The van der Waals surface area contributed by atoms with Crippen LogP contribution in [0, 0.1) is 11.8 Å². The zero-order valence-electron chi connectivity index (χ0n) is 7.30. The fraction of sp³-hybridized carbons (Fsp3) is 0.400. The van der Waals surface area contributed by atoms with E-state index in [9.17, 15) is 9.59 Å². The fourth-order valence-corrected chi connectivity index (χ4v) is 2.43. The van der Waals surface area contributed by atoms with Crippen LogP contribution in [0.4, 0.5) is 0 Å². The van der Waals surface area contributed by atoms with Crippen molar-refractivity contribution in [2.24, 2.45) is 11.8 Å². The van der Waals surface area contributed by atoms with Crippen LogP contribution in [0.1, 0.15) is 12.8 Å². The third-order valence-electron chi connectivity index (χ3n) is 2.70. The van der Waals surface area contributed by atoms with Crippen LogP contribution >= 0.6 is 23.2 Å². The minimum absolute atomic E-state index is 0.0580. The van der Waals surface area contributed by atoms with Crippen LogP contribution in [0.5, 0.6) is 0 Å². The molecule has 0 saturated carbocycles. The summed E-state index contributed by atoms with van der Waals surface area (Å²) in [6.07, 6.45) is 4.01. The monoisotopic (exact) mass is 230 g/mol. The number of hydrogen-bond donors (Lipinski definition) is 0. The van der Waals surface area contributed by atoms with Gasteiger partial charge in [-0.3, -0.25) is 9.59 Å². The van der Waals surface area contributed by atoms with Crippen molar-refractivity contribution in [1.82, 2.24) is 0 Å². The molecule has 0 spiro atoms. The van der Waals surface area contributed by atoms with Gasteiger partial charge in [-0.1, -0.05) is 29.3 Å². The molecule has 0 aliphatic heterocycles. The first-order chi connectivity index (χ1) is 6.59. The first kappa shape index (κ1) is 9.94. The summed E-state index contributed by atoms with van der Waals surface area (Å²) in [5.74, 6) is -0.785. The molecule has 74 valence electrons. The Bertz CT molecular complexity index is 368. The molecule has 0 N–H and O–H groups in total. The molecule has 0 amide bonds. The minimum Gasteiger partial charge on any atom is -0.294 e. The molecule has 0 saturated heterocycles. The van der Waals surface area contributed by atoms with Crippen LogP contribution in [0.15, 0.2) is 22.2 Å². The molecule has 0 fully saturated rings. The summed E-state index contributed by atoms with van der Waals surface area (Å²) in [6, 6.07) is 0. The maximum atomic E-state index is 11.6. The molecular weight excluding hydrogens is 223 g/mol. The molecule has 2 unspecified atom stereocenters. The number of hydrogen-bond acceptors (Lipinski definition) is 2. The first-order valence-corrected chi connectivity index (χ1v) is 5.15. The van der Waals surface area contributed by atoms with E-state index in [2.05, 4.69) is 0 Å². The average molecular weight is 231 g/mol. The van der Waals surface area contributed by atoms with Gasteiger partial charge in [-0.25, -0.2) is 0 Å². The van der Waals surface area contributed by atoms with E-state index in [1.54, 1.807) is 6.08 Å². The Morgan fingerprint density at radius 3 is 2.64 bits per heavy atom. The first-order valence-electron chi connectivity index (χ1n) is 4.39. The van der Waals surface area contributed by atoms with E-state index in [1.165, 1.54) is 6.08 Å². The number of rotatable bonds is 0. The molecule has 14 heavy (non-hydrogen) atoms. The van der Waals surface area contributed by atoms with E-state index in [-0.39, 0.29) is 28.4 Å². The summed E-state index contributed by atoms with van der Waals surface area (Å²) in [5.41, 5.74) is 0. The Morgan fingerprint density at radius 2 is 1.93 bits per heavy atom. The molecular formula is C10H8Cl2O2. The van der Waals surface area contributed by atoms with E-state index in [0.717, 1.165) is 0 Å². The second-order valence-electron chi connectivity index (χ2n) is 3.56. The summed E-state index contributed by atoms with van der Waals surface area (Å²) in [5, 5.41) is 0.724.